The van der Waals surface area contributed by atoms with Gasteiger partial charge in [-0.05, 0) is 30.9 Å². The van der Waals surface area contributed by atoms with Crippen molar-refractivity contribution in [3.8, 4) is 11.4 Å². The van der Waals surface area contributed by atoms with E-state index in [0.717, 1.165) is 37.8 Å². The Kier molecular flexibility index (Phi) is 4.56. The van der Waals surface area contributed by atoms with E-state index in [-0.39, 0.29) is 24.0 Å². The van der Waals surface area contributed by atoms with Crippen molar-refractivity contribution in [2.75, 3.05) is 6.54 Å². The molecule has 2 heterocycles. The molecule has 0 bridgehead atoms. The molecule has 4 rings (SSSR count). The molecule has 130 valence electrons. The van der Waals surface area contributed by atoms with Crippen LogP contribution in [0.1, 0.15) is 31.7 Å². The molecule has 2 aromatic rings. The second-order valence-corrected chi connectivity index (χ2v) is 6.63. The molecule has 1 unspecified atom stereocenters. The third-order valence-corrected chi connectivity index (χ3v) is 4.90. The summed E-state index contributed by atoms with van der Waals surface area (Å²) in [5, 5.41) is 19.2. The van der Waals surface area contributed by atoms with E-state index < -0.39 is 0 Å². The van der Waals surface area contributed by atoms with Crippen LogP contribution in [0.3, 0.4) is 0 Å². The van der Waals surface area contributed by atoms with Crippen molar-refractivity contribution in [3.63, 3.8) is 0 Å². The highest BCUT2D eigenvalue weighted by Gasteiger charge is 2.27. The summed E-state index contributed by atoms with van der Waals surface area (Å²) in [4.78, 5) is 13.9. The summed E-state index contributed by atoms with van der Waals surface area (Å²) in [6.45, 7) is 0.770. The van der Waals surface area contributed by atoms with Gasteiger partial charge >= 0.3 is 0 Å². The summed E-state index contributed by atoms with van der Waals surface area (Å²) in [5.74, 6) is 0.734. The van der Waals surface area contributed by atoms with E-state index in [1.54, 1.807) is 4.80 Å². The van der Waals surface area contributed by atoms with Crippen LogP contribution in [0.2, 0.25) is 0 Å². The molecule has 2 N–H and O–H groups in total. The first-order valence-corrected chi connectivity index (χ1v) is 8.85. The van der Waals surface area contributed by atoms with Crippen molar-refractivity contribution in [1.29, 1.82) is 0 Å². The summed E-state index contributed by atoms with van der Waals surface area (Å²) < 4.78 is 0. The van der Waals surface area contributed by atoms with Crippen LogP contribution in [-0.4, -0.2) is 44.7 Å². The zero-order valence-corrected chi connectivity index (χ0v) is 14.0. The van der Waals surface area contributed by atoms with Crippen molar-refractivity contribution in [2.45, 2.75) is 43.8 Å². The topological polar surface area (TPSA) is 84.7 Å². The van der Waals surface area contributed by atoms with Crippen LogP contribution < -0.4 is 10.6 Å². The third kappa shape index (κ3) is 3.61. The average molecular weight is 338 g/mol. The first-order valence-electron chi connectivity index (χ1n) is 8.85. The lowest BCUT2D eigenvalue weighted by Crippen LogP contribution is -2.46. The number of hydrogen-bond donors (Lipinski definition) is 2. The molecule has 2 aliphatic rings. The Morgan fingerprint density at radius 2 is 1.96 bits per heavy atom. The number of benzene rings is 1. The predicted molar refractivity (Wildman–Crippen MR) is 93.6 cm³/mol. The van der Waals surface area contributed by atoms with E-state index in [4.69, 9.17) is 0 Å². The van der Waals surface area contributed by atoms with Crippen LogP contribution in [0.15, 0.2) is 42.5 Å². The Morgan fingerprint density at radius 1 is 1.16 bits per heavy atom. The van der Waals surface area contributed by atoms with Crippen molar-refractivity contribution < 1.29 is 4.79 Å². The lowest BCUT2D eigenvalue weighted by Gasteiger charge is -2.28. The van der Waals surface area contributed by atoms with Gasteiger partial charge in [0.1, 0.15) is 6.04 Å². The Balaban J connectivity index is 1.32. The van der Waals surface area contributed by atoms with E-state index in [1.165, 1.54) is 0 Å². The highest BCUT2D eigenvalue weighted by Crippen LogP contribution is 2.28. The van der Waals surface area contributed by atoms with Gasteiger partial charge in [-0.25, -0.2) is 0 Å². The fraction of sp³-hybridized carbons (Fsp3) is 0.444. The van der Waals surface area contributed by atoms with Gasteiger partial charge in [-0.1, -0.05) is 42.5 Å². The zero-order chi connectivity index (χ0) is 17.1. The standard InChI is InChI=1S/C18H22N6O/c25-18(16-7-4-12-19-16)20-14-8-10-15(11-9-14)24-22-17(21-23-24)13-5-2-1-3-6-13/h1-7,14-16,19H,8-12H2,(H,20,25). The number of carbonyl (C=O) groups is 1. The molecule has 0 radical (unpaired) electrons. The first-order chi connectivity index (χ1) is 12.3. The van der Waals surface area contributed by atoms with Gasteiger partial charge in [-0.15, -0.1) is 10.2 Å². The molecule has 7 heteroatoms. The summed E-state index contributed by atoms with van der Waals surface area (Å²) >= 11 is 0. The summed E-state index contributed by atoms with van der Waals surface area (Å²) in [6.07, 6.45) is 7.68. The smallest absolute Gasteiger partial charge is 0.241 e. The SMILES string of the molecule is O=C(NC1CCC(n2nnc(-c3ccccc3)n2)CC1)C1C=CCN1. The number of carbonyl (C=O) groups excluding carboxylic acids is 1. The number of amides is 1. The largest absolute Gasteiger partial charge is 0.352 e. The molecule has 1 aromatic heterocycles. The number of tetrazole rings is 1. The summed E-state index contributed by atoms with van der Waals surface area (Å²) in [5.41, 5.74) is 0.979. The van der Waals surface area contributed by atoms with Crippen LogP contribution in [-0.2, 0) is 4.79 Å². The minimum absolute atomic E-state index is 0.0717. The van der Waals surface area contributed by atoms with Gasteiger partial charge in [0.15, 0.2) is 0 Å². The minimum atomic E-state index is -0.178. The number of aromatic nitrogens is 4. The molecular weight excluding hydrogens is 316 g/mol. The number of nitrogens with one attached hydrogen (secondary N) is 2. The van der Waals surface area contributed by atoms with Crippen molar-refractivity contribution >= 4 is 5.91 Å². The molecular formula is C18H22N6O. The van der Waals surface area contributed by atoms with E-state index in [2.05, 4.69) is 26.0 Å². The predicted octanol–water partition coefficient (Wildman–Crippen LogP) is 1.47. The number of nitrogens with zero attached hydrogens (tertiary/aromatic N) is 4. The fourth-order valence-corrected chi connectivity index (χ4v) is 3.47. The van der Waals surface area contributed by atoms with Crippen LogP contribution in [0, 0.1) is 0 Å². The lowest BCUT2D eigenvalue weighted by molar-refractivity contribution is -0.122. The molecule has 7 nitrogen and oxygen atoms in total. The monoisotopic (exact) mass is 338 g/mol. The highest BCUT2D eigenvalue weighted by molar-refractivity contribution is 5.84. The van der Waals surface area contributed by atoms with Crippen LogP contribution in [0.4, 0.5) is 0 Å². The van der Waals surface area contributed by atoms with Gasteiger partial charge in [-0.3, -0.25) is 10.1 Å². The minimum Gasteiger partial charge on any atom is -0.352 e. The molecule has 1 fully saturated rings. The average Bonchev–Trinajstić information content (AvgIpc) is 3.35. The Morgan fingerprint density at radius 3 is 2.68 bits per heavy atom. The van der Waals surface area contributed by atoms with E-state index in [1.807, 2.05) is 42.5 Å². The van der Waals surface area contributed by atoms with Gasteiger partial charge in [-0.2, -0.15) is 4.80 Å². The van der Waals surface area contributed by atoms with Gasteiger partial charge in [0.05, 0.1) is 6.04 Å². The number of hydrogen-bond acceptors (Lipinski definition) is 5. The zero-order valence-electron chi connectivity index (χ0n) is 14.0. The Labute approximate surface area is 146 Å². The molecule has 0 saturated heterocycles. The molecule has 1 aliphatic carbocycles. The summed E-state index contributed by atoms with van der Waals surface area (Å²) in [6, 6.07) is 10.2. The highest BCUT2D eigenvalue weighted by atomic mass is 16.2. The second-order valence-electron chi connectivity index (χ2n) is 6.63. The van der Waals surface area contributed by atoms with Gasteiger partial charge in [0.25, 0.3) is 0 Å². The first kappa shape index (κ1) is 16.0. The maximum atomic E-state index is 12.2. The Bertz CT molecular complexity index is 748. The lowest BCUT2D eigenvalue weighted by atomic mass is 9.91. The van der Waals surface area contributed by atoms with Crippen LogP contribution in [0.25, 0.3) is 11.4 Å². The maximum Gasteiger partial charge on any atom is 0.241 e. The van der Waals surface area contributed by atoms with Crippen molar-refractivity contribution in [2.24, 2.45) is 0 Å². The van der Waals surface area contributed by atoms with Crippen molar-refractivity contribution in [3.05, 3.63) is 42.5 Å². The molecule has 25 heavy (non-hydrogen) atoms. The normalized spacial score (nSPS) is 25.8. The van der Waals surface area contributed by atoms with Gasteiger partial charge in [0, 0.05) is 18.2 Å². The van der Waals surface area contributed by atoms with E-state index in [9.17, 15) is 4.79 Å². The maximum absolute atomic E-state index is 12.2. The third-order valence-electron chi connectivity index (χ3n) is 4.90. The molecule has 1 aromatic carbocycles. The molecule has 1 saturated carbocycles. The van der Waals surface area contributed by atoms with Gasteiger partial charge in [0.2, 0.25) is 11.7 Å². The van der Waals surface area contributed by atoms with Crippen LogP contribution in [0.5, 0.6) is 0 Å². The van der Waals surface area contributed by atoms with Gasteiger partial charge < -0.3 is 5.32 Å². The van der Waals surface area contributed by atoms with E-state index in [0.29, 0.717) is 5.82 Å². The number of rotatable bonds is 4. The molecule has 1 atom stereocenters. The Hall–Kier alpha value is -2.54. The van der Waals surface area contributed by atoms with Crippen LogP contribution >= 0.6 is 0 Å². The fourth-order valence-electron chi connectivity index (χ4n) is 3.47. The molecule has 1 aliphatic heterocycles. The molecule has 0 spiro atoms. The van der Waals surface area contributed by atoms with E-state index >= 15 is 0 Å². The second kappa shape index (κ2) is 7.14. The molecule has 1 amide bonds. The summed E-state index contributed by atoms with van der Waals surface area (Å²) in [7, 11) is 0. The van der Waals surface area contributed by atoms with Crippen molar-refractivity contribution in [1.82, 2.24) is 30.8 Å². The quantitative estimate of drug-likeness (QED) is 0.825.